The van der Waals surface area contributed by atoms with Crippen molar-refractivity contribution in [3.63, 3.8) is 0 Å². The second-order valence-corrected chi connectivity index (χ2v) is 6.88. The van der Waals surface area contributed by atoms with Crippen LogP contribution in [0.25, 0.3) is 0 Å². The van der Waals surface area contributed by atoms with Gasteiger partial charge >= 0.3 is 6.03 Å². The van der Waals surface area contributed by atoms with Crippen LogP contribution in [-0.4, -0.2) is 36.8 Å². The van der Waals surface area contributed by atoms with Crippen LogP contribution in [0.5, 0.6) is 0 Å². The summed E-state index contributed by atoms with van der Waals surface area (Å²) >= 11 is 1.80. The van der Waals surface area contributed by atoms with E-state index in [4.69, 9.17) is 0 Å². The number of hydrogen-bond acceptors (Lipinski definition) is 4. The minimum atomic E-state index is -0.364. The fourth-order valence-electron chi connectivity index (χ4n) is 3.02. The number of para-hydroxylation sites is 1. The Hall–Kier alpha value is -1.69. The summed E-state index contributed by atoms with van der Waals surface area (Å²) in [7, 11) is 0. The molecule has 1 saturated carbocycles. The van der Waals surface area contributed by atoms with Gasteiger partial charge in [0.25, 0.3) is 0 Å². The predicted molar refractivity (Wildman–Crippen MR) is 88.3 cm³/mol. The third-order valence-corrected chi connectivity index (χ3v) is 5.15. The van der Waals surface area contributed by atoms with Gasteiger partial charge in [-0.25, -0.2) is 4.79 Å². The van der Waals surface area contributed by atoms with Gasteiger partial charge < -0.3 is 10.2 Å². The van der Waals surface area contributed by atoms with Gasteiger partial charge in [0, 0.05) is 23.2 Å². The van der Waals surface area contributed by atoms with E-state index in [2.05, 4.69) is 16.7 Å². The maximum atomic E-state index is 12.1. The lowest BCUT2D eigenvalue weighted by Crippen LogP contribution is -2.47. The van der Waals surface area contributed by atoms with Gasteiger partial charge in [-0.05, 0) is 25.0 Å². The monoisotopic (exact) mass is 319 g/mol. The molecule has 0 atom stereocenters. The number of benzene rings is 1. The van der Waals surface area contributed by atoms with Crippen molar-refractivity contribution in [1.82, 2.24) is 10.6 Å². The third-order valence-electron chi connectivity index (χ3n) is 4.10. The molecule has 1 aromatic rings. The Morgan fingerprint density at radius 2 is 2.00 bits per heavy atom. The van der Waals surface area contributed by atoms with Crippen molar-refractivity contribution in [1.29, 1.82) is 0 Å². The summed E-state index contributed by atoms with van der Waals surface area (Å²) in [6.45, 7) is 1.04. The molecule has 0 bridgehead atoms. The van der Waals surface area contributed by atoms with Crippen LogP contribution >= 0.6 is 11.8 Å². The molecule has 1 aliphatic carbocycles. The molecule has 1 fully saturated rings. The second-order valence-electron chi connectivity index (χ2n) is 5.74. The van der Waals surface area contributed by atoms with Gasteiger partial charge in [0.05, 0.1) is 12.2 Å². The molecule has 1 aliphatic heterocycles. The van der Waals surface area contributed by atoms with Gasteiger partial charge in [0.1, 0.15) is 0 Å². The van der Waals surface area contributed by atoms with Crippen molar-refractivity contribution >= 4 is 29.4 Å². The van der Waals surface area contributed by atoms with Crippen molar-refractivity contribution in [2.24, 2.45) is 0 Å². The Kier molecular flexibility index (Phi) is 4.87. The number of carbonyl (C=O) groups excluding carboxylic acids is 2. The zero-order chi connectivity index (χ0) is 15.4. The van der Waals surface area contributed by atoms with Crippen LogP contribution in [0.3, 0.4) is 0 Å². The molecule has 3 rings (SSSR count). The molecule has 2 aliphatic rings. The van der Waals surface area contributed by atoms with Gasteiger partial charge in [0.15, 0.2) is 0 Å². The van der Waals surface area contributed by atoms with E-state index in [1.807, 2.05) is 23.1 Å². The standard InChI is InChI=1S/C16H21N3O2S/c20-15(18-16(21)17-12-5-1-2-6-12)11-19-9-10-22-14-8-4-3-7-13(14)19/h3-4,7-8,12H,1-2,5-6,9-11H2,(H2,17,18,20,21). The number of thioether (sulfide) groups is 1. The molecular formula is C16H21N3O2S. The molecule has 118 valence electrons. The summed E-state index contributed by atoms with van der Waals surface area (Å²) in [6, 6.07) is 7.92. The van der Waals surface area contributed by atoms with E-state index in [9.17, 15) is 9.59 Å². The molecule has 0 aromatic heterocycles. The van der Waals surface area contributed by atoms with E-state index in [1.165, 1.54) is 4.90 Å². The number of hydrogen-bond donors (Lipinski definition) is 2. The van der Waals surface area contributed by atoms with Crippen molar-refractivity contribution in [3.05, 3.63) is 24.3 Å². The molecule has 5 nitrogen and oxygen atoms in total. The Balaban J connectivity index is 1.52. The van der Waals surface area contributed by atoms with E-state index in [-0.39, 0.29) is 24.5 Å². The third kappa shape index (κ3) is 3.74. The van der Waals surface area contributed by atoms with E-state index in [0.717, 1.165) is 43.7 Å². The summed E-state index contributed by atoms with van der Waals surface area (Å²) in [6.07, 6.45) is 4.33. The first-order valence-corrected chi connectivity index (χ1v) is 8.78. The molecule has 6 heteroatoms. The average Bonchev–Trinajstić information content (AvgIpc) is 3.00. The number of nitrogens with one attached hydrogen (secondary N) is 2. The number of amides is 3. The van der Waals surface area contributed by atoms with Crippen LogP contribution in [-0.2, 0) is 4.79 Å². The van der Waals surface area contributed by atoms with Crippen molar-refractivity contribution in [2.45, 2.75) is 36.6 Å². The first-order valence-electron chi connectivity index (χ1n) is 7.79. The first kappa shape index (κ1) is 15.2. The number of imide groups is 1. The van der Waals surface area contributed by atoms with Crippen LogP contribution in [0.15, 0.2) is 29.2 Å². The van der Waals surface area contributed by atoms with Crippen molar-refractivity contribution in [3.8, 4) is 0 Å². The van der Waals surface area contributed by atoms with Crippen LogP contribution in [0.4, 0.5) is 10.5 Å². The highest BCUT2D eigenvalue weighted by atomic mass is 32.2. The lowest BCUT2D eigenvalue weighted by molar-refractivity contribution is -0.118. The summed E-state index contributed by atoms with van der Waals surface area (Å²) in [5, 5.41) is 5.32. The molecular weight excluding hydrogens is 298 g/mol. The zero-order valence-corrected chi connectivity index (χ0v) is 13.3. The number of rotatable bonds is 3. The highest BCUT2D eigenvalue weighted by Gasteiger charge is 2.21. The topological polar surface area (TPSA) is 61.4 Å². The number of anilines is 1. The van der Waals surface area contributed by atoms with E-state index in [0.29, 0.717) is 0 Å². The molecule has 0 unspecified atom stereocenters. The number of carbonyl (C=O) groups is 2. The largest absolute Gasteiger partial charge is 0.360 e. The molecule has 3 amide bonds. The normalized spacial score (nSPS) is 17.9. The smallest absolute Gasteiger partial charge is 0.321 e. The first-order chi connectivity index (χ1) is 10.7. The maximum Gasteiger partial charge on any atom is 0.321 e. The minimum Gasteiger partial charge on any atom is -0.360 e. The molecule has 0 radical (unpaired) electrons. The zero-order valence-electron chi connectivity index (χ0n) is 12.5. The average molecular weight is 319 g/mol. The second kappa shape index (κ2) is 7.05. The fourth-order valence-corrected chi connectivity index (χ4v) is 4.07. The number of nitrogens with zero attached hydrogens (tertiary/aromatic N) is 1. The molecule has 0 spiro atoms. The minimum absolute atomic E-state index is 0.218. The highest BCUT2D eigenvalue weighted by molar-refractivity contribution is 7.99. The number of fused-ring (bicyclic) bond motifs is 1. The SMILES string of the molecule is O=C(CN1CCSc2ccccc21)NC(=O)NC1CCCC1. The molecule has 0 saturated heterocycles. The number of urea groups is 1. The lowest BCUT2D eigenvalue weighted by Gasteiger charge is -2.30. The van der Waals surface area contributed by atoms with Crippen molar-refractivity contribution < 1.29 is 9.59 Å². The van der Waals surface area contributed by atoms with Crippen LogP contribution < -0.4 is 15.5 Å². The Morgan fingerprint density at radius 3 is 2.82 bits per heavy atom. The Labute approximate surface area is 134 Å². The predicted octanol–water partition coefficient (Wildman–Crippen LogP) is 2.37. The summed E-state index contributed by atoms with van der Waals surface area (Å²) in [5.74, 6) is 0.704. The van der Waals surface area contributed by atoms with Crippen molar-refractivity contribution in [2.75, 3.05) is 23.7 Å². The molecule has 1 aromatic carbocycles. The van der Waals surface area contributed by atoms with Crippen LogP contribution in [0, 0.1) is 0 Å². The summed E-state index contributed by atoms with van der Waals surface area (Å²) in [5.41, 5.74) is 1.07. The van der Waals surface area contributed by atoms with Crippen LogP contribution in [0.2, 0.25) is 0 Å². The van der Waals surface area contributed by atoms with Gasteiger partial charge in [-0.2, -0.15) is 0 Å². The fraction of sp³-hybridized carbons (Fsp3) is 0.500. The van der Waals surface area contributed by atoms with E-state index < -0.39 is 0 Å². The lowest BCUT2D eigenvalue weighted by atomic mass is 10.2. The maximum absolute atomic E-state index is 12.1. The summed E-state index contributed by atoms with van der Waals surface area (Å²) < 4.78 is 0. The Bertz CT molecular complexity index is 558. The quantitative estimate of drug-likeness (QED) is 0.898. The Morgan fingerprint density at radius 1 is 1.23 bits per heavy atom. The summed E-state index contributed by atoms with van der Waals surface area (Å²) in [4.78, 5) is 27.1. The van der Waals surface area contributed by atoms with Crippen LogP contribution in [0.1, 0.15) is 25.7 Å². The highest BCUT2D eigenvalue weighted by Crippen LogP contribution is 2.33. The molecule has 1 heterocycles. The van der Waals surface area contributed by atoms with Gasteiger partial charge in [-0.3, -0.25) is 10.1 Å². The van der Waals surface area contributed by atoms with Gasteiger partial charge in [0.2, 0.25) is 5.91 Å². The van der Waals surface area contributed by atoms with E-state index in [1.54, 1.807) is 11.8 Å². The van der Waals surface area contributed by atoms with E-state index >= 15 is 0 Å². The van der Waals surface area contributed by atoms with Gasteiger partial charge in [-0.1, -0.05) is 25.0 Å². The molecule has 22 heavy (non-hydrogen) atoms. The molecule has 2 N–H and O–H groups in total. The van der Waals surface area contributed by atoms with Gasteiger partial charge in [-0.15, -0.1) is 11.8 Å².